The molecule has 4 aromatic rings. The Balaban J connectivity index is 1.50. The predicted octanol–water partition coefficient (Wildman–Crippen LogP) is 6.75. The zero-order valence-electron chi connectivity index (χ0n) is 19.3. The van der Waals surface area contributed by atoms with Crippen molar-refractivity contribution in [1.82, 2.24) is 15.0 Å². The number of thiophene rings is 1. The van der Waals surface area contributed by atoms with Crippen LogP contribution in [0.15, 0.2) is 36.7 Å². The maximum Gasteiger partial charge on any atom is 0.147 e. The smallest absolute Gasteiger partial charge is 0.147 e. The molecule has 32 heavy (non-hydrogen) atoms. The van der Waals surface area contributed by atoms with Crippen LogP contribution in [0.5, 0.6) is 0 Å². The summed E-state index contributed by atoms with van der Waals surface area (Å²) < 4.78 is 1.15. The number of aromatic nitrogens is 3. The lowest BCUT2D eigenvalue weighted by molar-refractivity contribution is 0.615. The molecule has 166 valence electrons. The highest BCUT2D eigenvalue weighted by atomic mass is 32.1. The van der Waals surface area contributed by atoms with Crippen molar-refractivity contribution in [2.24, 2.45) is 5.92 Å². The SMILES string of the molecule is CC(C)Cc1nc2sc3c(N[C@H](C)CCc4ccccc4)ncnc3c2c2c1CCCC2. The molecule has 0 saturated carbocycles. The van der Waals surface area contributed by atoms with E-state index in [0.717, 1.165) is 53.0 Å². The summed E-state index contributed by atoms with van der Waals surface area (Å²) >= 11 is 1.76. The van der Waals surface area contributed by atoms with Crippen LogP contribution in [0.25, 0.3) is 20.4 Å². The molecule has 5 rings (SSSR count). The maximum atomic E-state index is 5.19. The van der Waals surface area contributed by atoms with E-state index in [1.807, 2.05) is 0 Å². The summed E-state index contributed by atoms with van der Waals surface area (Å²) in [6.07, 6.45) is 9.73. The Morgan fingerprint density at radius 3 is 2.56 bits per heavy atom. The Hall–Kier alpha value is -2.53. The summed E-state index contributed by atoms with van der Waals surface area (Å²) in [6, 6.07) is 11.0. The van der Waals surface area contributed by atoms with E-state index in [4.69, 9.17) is 9.97 Å². The van der Waals surface area contributed by atoms with Crippen molar-refractivity contribution < 1.29 is 0 Å². The third-order valence-corrected chi connectivity index (χ3v) is 7.58. The molecule has 3 heterocycles. The summed E-state index contributed by atoms with van der Waals surface area (Å²) in [4.78, 5) is 15.7. The highest BCUT2D eigenvalue weighted by Gasteiger charge is 2.23. The van der Waals surface area contributed by atoms with Gasteiger partial charge in [0.25, 0.3) is 0 Å². The molecular weight excluding hydrogens is 412 g/mol. The van der Waals surface area contributed by atoms with Crippen LogP contribution in [0.2, 0.25) is 0 Å². The molecule has 1 atom stereocenters. The fourth-order valence-electron chi connectivity index (χ4n) is 4.93. The van der Waals surface area contributed by atoms with Crippen molar-refractivity contribution >= 4 is 37.6 Å². The number of fused-ring (bicyclic) bond motifs is 5. The first kappa shape index (κ1) is 21.3. The Morgan fingerprint density at radius 2 is 1.78 bits per heavy atom. The molecule has 0 amide bonds. The third-order valence-electron chi connectivity index (χ3n) is 6.50. The van der Waals surface area contributed by atoms with Gasteiger partial charge in [-0.3, -0.25) is 0 Å². The van der Waals surface area contributed by atoms with Gasteiger partial charge >= 0.3 is 0 Å². The van der Waals surface area contributed by atoms with Crippen LogP contribution in [0, 0.1) is 5.92 Å². The minimum absolute atomic E-state index is 0.330. The highest BCUT2D eigenvalue weighted by Crippen LogP contribution is 2.41. The van der Waals surface area contributed by atoms with Crippen LogP contribution in [0.1, 0.15) is 62.4 Å². The van der Waals surface area contributed by atoms with E-state index in [9.17, 15) is 0 Å². The average Bonchev–Trinajstić information content (AvgIpc) is 3.18. The lowest BCUT2D eigenvalue weighted by atomic mass is 9.87. The minimum atomic E-state index is 0.330. The van der Waals surface area contributed by atoms with Gasteiger partial charge in [-0.05, 0) is 74.5 Å². The normalized spacial score (nSPS) is 14.8. The molecular formula is C27H32N4S. The fourth-order valence-corrected chi connectivity index (χ4v) is 6.06. The van der Waals surface area contributed by atoms with Crippen LogP contribution in [0.3, 0.4) is 0 Å². The quantitative estimate of drug-likeness (QED) is 0.342. The van der Waals surface area contributed by atoms with Gasteiger partial charge in [-0.2, -0.15) is 0 Å². The van der Waals surface area contributed by atoms with Crippen LogP contribution < -0.4 is 5.32 Å². The Bertz CT molecular complexity index is 1230. The molecule has 1 N–H and O–H groups in total. The zero-order valence-corrected chi connectivity index (χ0v) is 20.1. The van der Waals surface area contributed by atoms with Crippen molar-refractivity contribution in [3.63, 3.8) is 0 Å². The molecule has 1 aliphatic carbocycles. The van der Waals surface area contributed by atoms with Crippen molar-refractivity contribution in [2.45, 2.75) is 71.8 Å². The van der Waals surface area contributed by atoms with Crippen molar-refractivity contribution in [3.8, 4) is 0 Å². The Kier molecular flexibility index (Phi) is 6.09. The van der Waals surface area contributed by atoms with E-state index < -0.39 is 0 Å². The number of benzene rings is 1. The van der Waals surface area contributed by atoms with Gasteiger partial charge < -0.3 is 5.32 Å². The van der Waals surface area contributed by atoms with Crippen LogP contribution >= 0.6 is 11.3 Å². The van der Waals surface area contributed by atoms with Gasteiger partial charge in [-0.15, -0.1) is 11.3 Å². The molecule has 0 bridgehead atoms. The fraction of sp³-hybridized carbons (Fsp3) is 0.444. The second-order valence-electron chi connectivity index (χ2n) is 9.57. The van der Waals surface area contributed by atoms with Gasteiger partial charge in [0.05, 0.1) is 10.2 Å². The molecule has 1 aliphatic rings. The van der Waals surface area contributed by atoms with E-state index in [2.05, 4.69) is 61.4 Å². The first-order valence-electron chi connectivity index (χ1n) is 12.0. The molecule has 1 aromatic carbocycles. The molecule has 4 nitrogen and oxygen atoms in total. The largest absolute Gasteiger partial charge is 0.366 e. The third kappa shape index (κ3) is 4.23. The van der Waals surface area contributed by atoms with Gasteiger partial charge in [0.2, 0.25) is 0 Å². The van der Waals surface area contributed by atoms with Gasteiger partial charge in [0.1, 0.15) is 17.0 Å². The maximum absolute atomic E-state index is 5.19. The summed E-state index contributed by atoms with van der Waals surface area (Å²) in [5, 5.41) is 4.96. The first-order valence-corrected chi connectivity index (χ1v) is 12.8. The summed E-state index contributed by atoms with van der Waals surface area (Å²) in [7, 11) is 0. The highest BCUT2D eigenvalue weighted by molar-refractivity contribution is 7.26. The monoisotopic (exact) mass is 444 g/mol. The molecule has 0 aliphatic heterocycles. The number of rotatable bonds is 7. The summed E-state index contributed by atoms with van der Waals surface area (Å²) in [5.74, 6) is 1.57. The lowest BCUT2D eigenvalue weighted by Gasteiger charge is -2.20. The lowest BCUT2D eigenvalue weighted by Crippen LogP contribution is -2.17. The standard InChI is InChI=1S/C27H32N4S/c1-17(2)15-22-20-11-7-8-12-21(20)23-24-25(32-27(23)31-22)26(29-16-28-24)30-18(3)13-14-19-9-5-4-6-10-19/h4-6,9-10,16-18H,7-8,11-15H2,1-3H3,(H,28,29,30)/t18-/m1/s1. The number of hydrogen-bond acceptors (Lipinski definition) is 5. The van der Waals surface area contributed by atoms with E-state index >= 15 is 0 Å². The molecule has 0 spiro atoms. The number of anilines is 1. The second kappa shape index (κ2) is 9.14. The summed E-state index contributed by atoms with van der Waals surface area (Å²) in [6.45, 7) is 6.82. The van der Waals surface area contributed by atoms with Crippen LogP contribution in [0.4, 0.5) is 5.82 Å². The Labute approximate surface area is 194 Å². The number of hydrogen-bond donors (Lipinski definition) is 1. The molecule has 5 heteroatoms. The number of aryl methyl sites for hydroxylation is 2. The van der Waals surface area contributed by atoms with Gasteiger partial charge in [-0.25, -0.2) is 15.0 Å². The Morgan fingerprint density at radius 1 is 1.00 bits per heavy atom. The number of pyridine rings is 1. The van der Waals surface area contributed by atoms with Crippen molar-refractivity contribution in [3.05, 3.63) is 59.0 Å². The average molecular weight is 445 g/mol. The number of nitrogens with zero attached hydrogens (tertiary/aromatic N) is 3. The van der Waals surface area contributed by atoms with E-state index in [0.29, 0.717) is 12.0 Å². The van der Waals surface area contributed by atoms with Crippen LogP contribution in [-0.2, 0) is 25.7 Å². The van der Waals surface area contributed by atoms with Gasteiger partial charge in [-0.1, -0.05) is 44.2 Å². The predicted molar refractivity (Wildman–Crippen MR) is 136 cm³/mol. The van der Waals surface area contributed by atoms with Crippen LogP contribution in [-0.4, -0.2) is 21.0 Å². The molecule has 0 saturated heterocycles. The van der Waals surface area contributed by atoms with Crippen molar-refractivity contribution in [1.29, 1.82) is 0 Å². The molecule has 0 fully saturated rings. The topological polar surface area (TPSA) is 50.7 Å². The van der Waals surface area contributed by atoms with E-state index in [-0.39, 0.29) is 0 Å². The molecule has 3 aromatic heterocycles. The van der Waals surface area contributed by atoms with E-state index in [1.165, 1.54) is 40.6 Å². The minimum Gasteiger partial charge on any atom is -0.366 e. The zero-order chi connectivity index (χ0) is 22.1. The summed E-state index contributed by atoms with van der Waals surface area (Å²) in [5.41, 5.74) is 6.78. The second-order valence-corrected chi connectivity index (χ2v) is 10.6. The first-order chi connectivity index (χ1) is 15.6. The van der Waals surface area contributed by atoms with Gasteiger partial charge in [0.15, 0.2) is 0 Å². The molecule has 0 radical (unpaired) electrons. The number of nitrogens with one attached hydrogen (secondary N) is 1. The molecule has 0 unspecified atom stereocenters. The van der Waals surface area contributed by atoms with Gasteiger partial charge in [0, 0.05) is 17.1 Å². The van der Waals surface area contributed by atoms with E-state index in [1.54, 1.807) is 17.7 Å². The van der Waals surface area contributed by atoms with Crippen molar-refractivity contribution in [2.75, 3.05) is 5.32 Å².